The first-order valence-corrected chi connectivity index (χ1v) is 4.97. The molecule has 1 aromatic carbocycles. The van der Waals surface area contributed by atoms with Gasteiger partial charge < -0.3 is 5.73 Å². The van der Waals surface area contributed by atoms with Crippen LogP contribution in [0.5, 0.6) is 0 Å². The number of nitrogens with two attached hydrogens (primary N) is 1. The van der Waals surface area contributed by atoms with Crippen molar-refractivity contribution in [2.24, 2.45) is 5.73 Å². The van der Waals surface area contributed by atoms with Gasteiger partial charge in [-0.2, -0.15) is 13.2 Å². The fourth-order valence-corrected chi connectivity index (χ4v) is 1.66. The Morgan fingerprint density at radius 2 is 1.59 bits per heavy atom. The number of hydrogen-bond donors (Lipinski definition) is 1. The van der Waals surface area contributed by atoms with Crippen molar-refractivity contribution in [2.45, 2.75) is 18.6 Å². The predicted octanol–water partition coefficient (Wildman–Crippen LogP) is 4.10. The molecule has 2 N–H and O–H groups in total. The average Bonchev–Trinajstić information content (AvgIpc) is 1.96. The summed E-state index contributed by atoms with van der Waals surface area (Å²) in [5, 5.41) is 0. The van der Waals surface area contributed by atoms with E-state index in [1.807, 2.05) is 0 Å². The van der Waals surface area contributed by atoms with Crippen LogP contribution in [-0.4, -0.2) is 6.18 Å². The Bertz CT molecular complexity index is 372. The van der Waals surface area contributed by atoms with Gasteiger partial charge in [-0.1, -0.05) is 15.9 Å². The average molecular weight is 341 g/mol. The van der Waals surface area contributed by atoms with Crippen molar-refractivity contribution >= 4 is 28.3 Å². The summed E-state index contributed by atoms with van der Waals surface area (Å²) >= 11 is 2.81. The van der Waals surface area contributed by atoms with Crippen molar-refractivity contribution < 1.29 is 22.0 Å². The van der Waals surface area contributed by atoms with E-state index in [1.165, 1.54) is 0 Å². The molecular weight excluding hydrogens is 332 g/mol. The molecule has 0 spiro atoms. The van der Waals surface area contributed by atoms with Gasteiger partial charge in [-0.3, -0.25) is 0 Å². The summed E-state index contributed by atoms with van der Waals surface area (Å²) in [6.07, 6.45) is -6.03. The molecule has 1 rings (SSSR count). The molecule has 1 aromatic rings. The summed E-state index contributed by atoms with van der Waals surface area (Å²) in [6.45, 7) is 0. The molecule has 0 saturated carbocycles. The maximum Gasteiger partial charge on any atom is 0.390 e. The van der Waals surface area contributed by atoms with Crippen LogP contribution < -0.4 is 5.73 Å². The molecule has 1 nitrogen and oxygen atoms in total. The number of benzene rings is 1. The summed E-state index contributed by atoms with van der Waals surface area (Å²) in [5.41, 5.74) is 4.37. The third-order valence-electron chi connectivity index (χ3n) is 1.87. The van der Waals surface area contributed by atoms with E-state index in [1.54, 1.807) is 0 Å². The molecule has 0 bridgehead atoms. The van der Waals surface area contributed by atoms with E-state index in [4.69, 9.17) is 5.73 Å². The number of hydrogen-bond acceptors (Lipinski definition) is 1. The molecule has 8 heteroatoms. The van der Waals surface area contributed by atoms with Crippen LogP contribution in [0, 0.1) is 11.6 Å². The van der Waals surface area contributed by atoms with Gasteiger partial charge in [0.1, 0.15) is 11.6 Å². The first-order valence-electron chi connectivity index (χ1n) is 4.17. The van der Waals surface area contributed by atoms with Gasteiger partial charge in [0.05, 0.1) is 6.42 Å². The van der Waals surface area contributed by atoms with E-state index in [-0.39, 0.29) is 16.9 Å². The van der Waals surface area contributed by atoms with Crippen LogP contribution in [0.2, 0.25) is 0 Å². The van der Waals surface area contributed by atoms with Crippen molar-refractivity contribution in [1.29, 1.82) is 0 Å². The smallest absolute Gasteiger partial charge is 0.323 e. The molecule has 0 amide bonds. The second kappa shape index (κ2) is 5.97. The molecule has 0 unspecified atom stereocenters. The molecule has 0 aliphatic rings. The largest absolute Gasteiger partial charge is 0.390 e. The SMILES string of the molecule is Cl.N[C@@H](CC(F)(F)F)c1c(F)cc(Br)cc1F. The molecule has 1 atom stereocenters. The number of alkyl halides is 3. The second-order valence-corrected chi connectivity index (χ2v) is 4.12. The van der Waals surface area contributed by atoms with Crippen molar-refractivity contribution in [2.75, 3.05) is 0 Å². The quantitative estimate of drug-likeness (QED) is 0.806. The number of rotatable bonds is 2. The van der Waals surface area contributed by atoms with Crippen molar-refractivity contribution in [3.63, 3.8) is 0 Å². The Morgan fingerprint density at radius 3 is 1.94 bits per heavy atom. The normalized spacial score (nSPS) is 13.1. The minimum absolute atomic E-state index is 0. The number of halogens is 7. The van der Waals surface area contributed by atoms with Crippen LogP contribution in [0.1, 0.15) is 18.0 Å². The van der Waals surface area contributed by atoms with Crippen LogP contribution >= 0.6 is 28.3 Å². The maximum absolute atomic E-state index is 13.2. The molecule has 0 radical (unpaired) electrons. The van der Waals surface area contributed by atoms with Crippen molar-refractivity contribution in [3.8, 4) is 0 Å². The first kappa shape index (κ1) is 16.6. The summed E-state index contributed by atoms with van der Waals surface area (Å²) in [5.74, 6) is -2.19. The minimum Gasteiger partial charge on any atom is -0.323 e. The lowest BCUT2D eigenvalue weighted by Gasteiger charge is -2.16. The Balaban J connectivity index is 0.00000256. The summed E-state index contributed by atoms with van der Waals surface area (Å²) in [4.78, 5) is 0. The highest BCUT2D eigenvalue weighted by Crippen LogP contribution is 2.31. The lowest BCUT2D eigenvalue weighted by Crippen LogP contribution is -2.22. The van der Waals surface area contributed by atoms with Gasteiger partial charge in [0, 0.05) is 16.1 Å². The highest BCUT2D eigenvalue weighted by Gasteiger charge is 2.33. The molecule has 0 aliphatic carbocycles. The monoisotopic (exact) mass is 339 g/mol. The zero-order chi connectivity index (χ0) is 12.5. The Kier molecular flexibility index (Phi) is 5.83. The fraction of sp³-hybridized carbons (Fsp3) is 0.333. The molecule has 0 aliphatic heterocycles. The van der Waals surface area contributed by atoms with Gasteiger partial charge in [-0.15, -0.1) is 12.4 Å². The first-order chi connectivity index (χ1) is 7.20. The zero-order valence-corrected chi connectivity index (χ0v) is 10.6. The second-order valence-electron chi connectivity index (χ2n) is 3.21. The molecular formula is C9H8BrClF5N. The molecule has 0 fully saturated rings. The zero-order valence-electron chi connectivity index (χ0n) is 8.19. The molecule has 0 saturated heterocycles. The lowest BCUT2D eigenvalue weighted by atomic mass is 10.0. The Hall–Kier alpha value is -0.400. The third kappa shape index (κ3) is 4.77. The lowest BCUT2D eigenvalue weighted by molar-refractivity contribution is -0.138. The van der Waals surface area contributed by atoms with Gasteiger partial charge in [0.25, 0.3) is 0 Å². The van der Waals surface area contributed by atoms with Crippen LogP contribution in [0.25, 0.3) is 0 Å². The van der Waals surface area contributed by atoms with Gasteiger partial charge >= 0.3 is 6.18 Å². The van der Waals surface area contributed by atoms with Gasteiger partial charge in [-0.25, -0.2) is 8.78 Å². The van der Waals surface area contributed by atoms with E-state index in [2.05, 4.69) is 15.9 Å². The summed E-state index contributed by atoms with van der Waals surface area (Å²) in [6, 6.07) is -0.00312. The highest BCUT2D eigenvalue weighted by molar-refractivity contribution is 9.10. The summed E-state index contributed by atoms with van der Waals surface area (Å²) < 4.78 is 62.5. The van der Waals surface area contributed by atoms with E-state index < -0.39 is 35.8 Å². The Morgan fingerprint density at radius 1 is 1.18 bits per heavy atom. The Labute approximate surface area is 109 Å². The fourth-order valence-electron chi connectivity index (χ4n) is 1.26. The van der Waals surface area contributed by atoms with E-state index in [9.17, 15) is 22.0 Å². The minimum atomic E-state index is -4.56. The summed E-state index contributed by atoms with van der Waals surface area (Å²) in [7, 11) is 0. The van der Waals surface area contributed by atoms with E-state index in [0.717, 1.165) is 12.1 Å². The van der Waals surface area contributed by atoms with Crippen LogP contribution in [0.3, 0.4) is 0 Å². The standard InChI is InChI=1S/C9H7BrF5N.ClH/c10-4-1-5(11)8(6(12)2-4)7(16)3-9(13,14)15;/h1-2,7H,3,16H2;1H/t7-;/m0./s1. The van der Waals surface area contributed by atoms with E-state index >= 15 is 0 Å². The van der Waals surface area contributed by atoms with Gasteiger partial charge in [0.15, 0.2) is 0 Å². The van der Waals surface area contributed by atoms with Crippen molar-refractivity contribution in [1.82, 2.24) is 0 Å². The highest BCUT2D eigenvalue weighted by atomic mass is 79.9. The van der Waals surface area contributed by atoms with Crippen LogP contribution in [0.4, 0.5) is 22.0 Å². The molecule has 0 aromatic heterocycles. The van der Waals surface area contributed by atoms with Crippen molar-refractivity contribution in [3.05, 3.63) is 33.8 Å². The molecule has 98 valence electrons. The van der Waals surface area contributed by atoms with Gasteiger partial charge in [-0.05, 0) is 12.1 Å². The van der Waals surface area contributed by atoms with Crippen LogP contribution in [-0.2, 0) is 0 Å². The third-order valence-corrected chi connectivity index (χ3v) is 2.32. The van der Waals surface area contributed by atoms with E-state index in [0.29, 0.717) is 0 Å². The van der Waals surface area contributed by atoms with Crippen LogP contribution in [0.15, 0.2) is 16.6 Å². The topological polar surface area (TPSA) is 26.0 Å². The molecule has 0 heterocycles. The molecule has 17 heavy (non-hydrogen) atoms. The van der Waals surface area contributed by atoms with Gasteiger partial charge in [0.2, 0.25) is 0 Å². The predicted molar refractivity (Wildman–Crippen MR) is 58.9 cm³/mol. The maximum atomic E-state index is 13.2.